The van der Waals surface area contributed by atoms with Gasteiger partial charge in [0.1, 0.15) is 18.0 Å². The lowest BCUT2D eigenvalue weighted by Gasteiger charge is -2.41. The fraction of sp³-hybridized carbons (Fsp3) is 0.469. The summed E-state index contributed by atoms with van der Waals surface area (Å²) >= 11 is 6.68. The lowest BCUT2D eigenvalue weighted by Crippen LogP contribution is -2.56. The highest BCUT2D eigenvalue weighted by molar-refractivity contribution is 6.36. The average Bonchev–Trinajstić information content (AvgIpc) is 3.86. The molecular weight excluding hydrogens is 564 g/mol. The molecule has 0 radical (unpaired) electrons. The van der Waals surface area contributed by atoms with Gasteiger partial charge in [0, 0.05) is 61.3 Å². The lowest BCUT2D eigenvalue weighted by molar-refractivity contribution is -0.128. The summed E-state index contributed by atoms with van der Waals surface area (Å²) in [6, 6.07) is 6.62. The minimum absolute atomic E-state index is 0.0887. The molecule has 0 bridgehead atoms. The second-order valence-electron chi connectivity index (χ2n) is 11.7. The van der Waals surface area contributed by atoms with Gasteiger partial charge in [-0.2, -0.15) is 9.97 Å². The number of aromatic nitrogens is 3. The first-order chi connectivity index (χ1) is 20.9. The third-order valence-corrected chi connectivity index (χ3v) is 8.95. The minimum atomic E-state index is -0.248. The Hall–Kier alpha value is -3.94. The van der Waals surface area contributed by atoms with Crippen molar-refractivity contribution in [1.82, 2.24) is 24.8 Å². The summed E-state index contributed by atoms with van der Waals surface area (Å²) in [6.45, 7) is 17.1. The van der Waals surface area contributed by atoms with E-state index in [1.807, 2.05) is 30.6 Å². The molecule has 2 atom stereocenters. The summed E-state index contributed by atoms with van der Waals surface area (Å²) < 4.78 is 6.37. The van der Waals surface area contributed by atoms with Crippen LogP contribution < -0.4 is 14.5 Å². The van der Waals surface area contributed by atoms with Crippen molar-refractivity contribution in [3.05, 3.63) is 70.9 Å². The van der Waals surface area contributed by atoms with Crippen molar-refractivity contribution in [2.24, 2.45) is 0 Å². The number of ether oxygens (including phenoxy) is 1. The number of hydrogen-bond donors (Lipinski definition) is 0. The number of carbonyl (C=O) groups is 1. The highest BCUT2D eigenvalue weighted by Crippen LogP contribution is 2.37. The van der Waals surface area contributed by atoms with Crippen LogP contribution in [0.1, 0.15) is 31.0 Å². The first-order valence-electron chi connectivity index (χ1n) is 14.9. The molecule has 1 saturated carbocycles. The van der Waals surface area contributed by atoms with Gasteiger partial charge in [0.2, 0.25) is 12.5 Å². The molecule has 4 heterocycles. The van der Waals surface area contributed by atoms with Crippen LogP contribution >= 0.6 is 11.6 Å². The van der Waals surface area contributed by atoms with Crippen LogP contribution in [0.2, 0.25) is 5.02 Å². The number of rotatable bonds is 9. The summed E-state index contributed by atoms with van der Waals surface area (Å²) in [5.74, 6) is 0.686. The van der Waals surface area contributed by atoms with E-state index < -0.39 is 0 Å². The maximum atomic E-state index is 12.5. The summed E-state index contributed by atoms with van der Waals surface area (Å²) in [5, 5.41) is 2.67. The van der Waals surface area contributed by atoms with Crippen LogP contribution in [0.15, 0.2) is 43.2 Å². The Kier molecular flexibility index (Phi) is 8.37. The van der Waals surface area contributed by atoms with Gasteiger partial charge in [0.25, 0.3) is 0 Å². The Morgan fingerprint density at radius 2 is 2.09 bits per heavy atom. The first-order valence-corrected chi connectivity index (χ1v) is 15.3. The summed E-state index contributed by atoms with van der Waals surface area (Å²) in [4.78, 5) is 39.2. The zero-order chi connectivity index (χ0) is 30.1. The van der Waals surface area contributed by atoms with E-state index in [1.165, 1.54) is 18.9 Å². The van der Waals surface area contributed by atoms with Crippen LogP contribution in [-0.2, 0) is 17.8 Å². The number of carbonyl (C=O) groups excluding carboxylic acids is 1. The van der Waals surface area contributed by atoms with Crippen molar-refractivity contribution in [1.29, 1.82) is 0 Å². The number of benzene rings is 1. The van der Waals surface area contributed by atoms with E-state index in [9.17, 15) is 4.79 Å². The van der Waals surface area contributed by atoms with Crippen LogP contribution in [0.3, 0.4) is 0 Å². The molecule has 0 N–H and O–H groups in total. The van der Waals surface area contributed by atoms with E-state index in [-0.39, 0.29) is 24.6 Å². The largest absolute Gasteiger partial charge is 0.459 e. The molecule has 224 valence electrons. The van der Waals surface area contributed by atoms with Crippen LogP contribution in [0, 0.1) is 6.57 Å². The van der Waals surface area contributed by atoms with Gasteiger partial charge in [-0.25, -0.2) is 6.57 Å². The van der Waals surface area contributed by atoms with Gasteiger partial charge in [0.15, 0.2) is 0 Å². The van der Waals surface area contributed by atoms with Crippen molar-refractivity contribution in [3.63, 3.8) is 0 Å². The van der Waals surface area contributed by atoms with Gasteiger partial charge in [-0.05, 0) is 45.4 Å². The first kappa shape index (κ1) is 29.1. The molecule has 10 nitrogen and oxygen atoms in total. The Morgan fingerprint density at radius 3 is 2.86 bits per heavy atom. The SMILES string of the molecule is [C-]#[N+]C[C@H]1CN(c2nc(O[C@H](C)CN(C)C3CC3)nc3c2CCN(c2cncc4cccc(Cl)c24)C3)CCN1C(=O)C=C. The molecule has 1 aromatic carbocycles. The van der Waals surface area contributed by atoms with E-state index >= 15 is 0 Å². The Balaban J connectivity index is 1.33. The van der Waals surface area contributed by atoms with E-state index in [2.05, 4.69) is 45.1 Å². The number of halogens is 1. The Morgan fingerprint density at radius 1 is 1.26 bits per heavy atom. The maximum Gasteiger partial charge on any atom is 0.318 e. The molecule has 1 amide bonds. The molecule has 3 aliphatic rings. The van der Waals surface area contributed by atoms with Crippen molar-refractivity contribution in [2.45, 2.75) is 50.9 Å². The molecule has 43 heavy (non-hydrogen) atoms. The summed E-state index contributed by atoms with van der Waals surface area (Å²) in [6.07, 6.45) is 8.15. The van der Waals surface area contributed by atoms with Crippen LogP contribution in [0.25, 0.3) is 15.6 Å². The fourth-order valence-corrected chi connectivity index (χ4v) is 6.60. The number of nitrogens with zero attached hydrogens (tertiary/aromatic N) is 8. The molecule has 0 spiro atoms. The Labute approximate surface area is 257 Å². The molecule has 2 aromatic heterocycles. The molecule has 11 heteroatoms. The third kappa shape index (κ3) is 6.10. The van der Waals surface area contributed by atoms with Gasteiger partial charge in [-0.1, -0.05) is 30.3 Å². The molecule has 1 saturated heterocycles. The zero-order valence-electron chi connectivity index (χ0n) is 24.7. The van der Waals surface area contributed by atoms with E-state index in [4.69, 9.17) is 32.9 Å². The molecule has 2 fully saturated rings. The molecule has 1 aliphatic carbocycles. The summed E-state index contributed by atoms with van der Waals surface area (Å²) in [7, 11) is 2.14. The molecule has 0 unspecified atom stereocenters. The number of likely N-dealkylation sites (N-methyl/N-ethyl adjacent to an activating group) is 1. The lowest BCUT2D eigenvalue weighted by atomic mass is 10.0. The molecule has 2 aliphatic heterocycles. The van der Waals surface area contributed by atoms with E-state index in [0.717, 1.165) is 53.0 Å². The topological polar surface area (TPSA) is 82.3 Å². The highest BCUT2D eigenvalue weighted by atomic mass is 35.5. The third-order valence-electron chi connectivity index (χ3n) is 8.64. The predicted octanol–water partition coefficient (Wildman–Crippen LogP) is 4.22. The van der Waals surface area contributed by atoms with Crippen LogP contribution in [0.4, 0.5) is 11.5 Å². The second kappa shape index (κ2) is 12.3. The van der Waals surface area contributed by atoms with Crippen LogP contribution in [-0.4, -0.2) is 95.2 Å². The van der Waals surface area contributed by atoms with Crippen molar-refractivity contribution < 1.29 is 9.53 Å². The van der Waals surface area contributed by atoms with Gasteiger partial charge < -0.3 is 24.3 Å². The number of amides is 1. The van der Waals surface area contributed by atoms with Crippen molar-refractivity contribution in [2.75, 3.05) is 56.1 Å². The van der Waals surface area contributed by atoms with Gasteiger partial charge in [-0.3, -0.25) is 14.7 Å². The summed E-state index contributed by atoms with van der Waals surface area (Å²) in [5.41, 5.74) is 2.96. The number of piperazine rings is 1. The van der Waals surface area contributed by atoms with Crippen molar-refractivity contribution >= 4 is 39.8 Å². The Bertz CT molecular complexity index is 1570. The average molecular weight is 601 g/mol. The van der Waals surface area contributed by atoms with Crippen molar-refractivity contribution in [3.8, 4) is 6.01 Å². The maximum absolute atomic E-state index is 12.5. The fourth-order valence-electron chi connectivity index (χ4n) is 6.32. The zero-order valence-corrected chi connectivity index (χ0v) is 25.5. The van der Waals surface area contributed by atoms with E-state index in [0.29, 0.717) is 43.3 Å². The monoisotopic (exact) mass is 600 g/mol. The van der Waals surface area contributed by atoms with Gasteiger partial charge >= 0.3 is 6.01 Å². The van der Waals surface area contributed by atoms with Gasteiger partial charge in [-0.15, -0.1) is 0 Å². The predicted molar refractivity (Wildman–Crippen MR) is 169 cm³/mol. The highest BCUT2D eigenvalue weighted by Gasteiger charge is 2.35. The quantitative estimate of drug-likeness (QED) is 0.267. The normalized spacial score (nSPS) is 19.2. The van der Waals surface area contributed by atoms with E-state index in [1.54, 1.807) is 4.90 Å². The molecule has 6 rings (SSSR count). The molecular formula is C32H37ClN8O2. The van der Waals surface area contributed by atoms with Crippen LogP contribution in [0.5, 0.6) is 6.01 Å². The number of hydrogen-bond acceptors (Lipinski definition) is 8. The molecule has 3 aromatic rings. The number of pyridine rings is 1. The van der Waals surface area contributed by atoms with Gasteiger partial charge in [0.05, 0.1) is 29.1 Å². The number of anilines is 2. The second-order valence-corrected chi connectivity index (χ2v) is 12.1. The standard InChI is InChI=1S/C32H37ClN8O2/c1-5-29(42)41-14-13-40(19-24(41)16-34-3)31-25-11-12-39(28-17-35-15-22-7-6-8-26(33)30(22)28)20-27(25)36-32(37-31)43-21(2)18-38(4)23-9-10-23/h5-8,15,17,21,23-24H,1,9-14,16,18-20H2,2,4H3/t21-,24+/m1/s1. The smallest absolute Gasteiger partial charge is 0.318 e. The number of fused-ring (bicyclic) bond motifs is 2. The minimum Gasteiger partial charge on any atom is -0.459 e.